The molecule has 0 unspecified atom stereocenters. The van der Waals surface area contributed by atoms with Crippen molar-refractivity contribution in [3.63, 3.8) is 0 Å². The molecule has 2 rings (SSSR count). The molecule has 1 fully saturated rings. The molecule has 1 N–H and O–H groups in total. The minimum atomic E-state index is -3.68. The lowest BCUT2D eigenvalue weighted by Crippen LogP contribution is -2.52. The summed E-state index contributed by atoms with van der Waals surface area (Å²) < 4.78 is 26.4. The maximum atomic E-state index is 12.0. The van der Waals surface area contributed by atoms with Crippen LogP contribution < -0.4 is 4.72 Å². The zero-order valence-electron chi connectivity index (χ0n) is 12.4. The van der Waals surface area contributed by atoms with Gasteiger partial charge in [-0.3, -0.25) is 9.59 Å². The van der Waals surface area contributed by atoms with Crippen LogP contribution >= 0.6 is 0 Å². The van der Waals surface area contributed by atoms with Gasteiger partial charge in [0.05, 0.1) is 11.4 Å². The van der Waals surface area contributed by atoms with Crippen LogP contribution in [0.25, 0.3) is 0 Å². The maximum Gasteiger partial charge on any atom is 0.241 e. The van der Waals surface area contributed by atoms with Gasteiger partial charge in [-0.25, -0.2) is 13.1 Å². The molecule has 0 saturated carbocycles. The zero-order valence-corrected chi connectivity index (χ0v) is 13.2. The molecule has 0 atom stereocenters. The Labute approximate surface area is 129 Å². The van der Waals surface area contributed by atoms with Crippen LogP contribution in [-0.4, -0.2) is 62.8 Å². The smallest absolute Gasteiger partial charge is 0.241 e. The van der Waals surface area contributed by atoms with Gasteiger partial charge >= 0.3 is 0 Å². The fourth-order valence-electron chi connectivity index (χ4n) is 2.22. The van der Waals surface area contributed by atoms with Crippen molar-refractivity contribution in [3.8, 4) is 0 Å². The molecule has 22 heavy (non-hydrogen) atoms. The van der Waals surface area contributed by atoms with Crippen molar-refractivity contribution in [3.05, 3.63) is 30.3 Å². The number of benzene rings is 1. The molecule has 120 valence electrons. The number of hydrogen-bond donors (Lipinski definition) is 1. The summed E-state index contributed by atoms with van der Waals surface area (Å²) in [6.45, 7) is 3.01. The molecule has 0 aromatic heterocycles. The molecule has 1 aliphatic rings. The highest BCUT2D eigenvalue weighted by molar-refractivity contribution is 7.89. The van der Waals surface area contributed by atoms with Gasteiger partial charge in [-0.2, -0.15) is 0 Å². The molecule has 0 aliphatic carbocycles. The summed E-state index contributed by atoms with van der Waals surface area (Å²) in [5.74, 6) is -0.306. The monoisotopic (exact) mass is 325 g/mol. The van der Waals surface area contributed by atoms with Crippen LogP contribution in [0.2, 0.25) is 0 Å². The van der Waals surface area contributed by atoms with E-state index in [0.717, 1.165) is 0 Å². The standard InChI is InChI=1S/C14H19N3O4S/c1-12(18)16-7-9-17(10-8-16)14(19)11-15-22(20,21)13-5-3-2-4-6-13/h2-6,15H,7-11H2,1H3. The summed E-state index contributed by atoms with van der Waals surface area (Å²) in [6, 6.07) is 7.91. The van der Waals surface area contributed by atoms with E-state index >= 15 is 0 Å². The average Bonchev–Trinajstić information content (AvgIpc) is 2.53. The van der Waals surface area contributed by atoms with Gasteiger partial charge in [0.1, 0.15) is 0 Å². The van der Waals surface area contributed by atoms with E-state index in [1.165, 1.54) is 19.1 Å². The molecular formula is C14H19N3O4S. The van der Waals surface area contributed by atoms with Gasteiger partial charge in [0.2, 0.25) is 21.8 Å². The molecule has 1 saturated heterocycles. The van der Waals surface area contributed by atoms with Crippen molar-refractivity contribution in [1.29, 1.82) is 0 Å². The first-order valence-electron chi connectivity index (χ1n) is 6.98. The third-order valence-corrected chi connectivity index (χ3v) is 4.96. The van der Waals surface area contributed by atoms with Crippen molar-refractivity contribution in [2.24, 2.45) is 0 Å². The van der Waals surface area contributed by atoms with Crippen LogP contribution in [0, 0.1) is 0 Å². The number of piperazine rings is 1. The SMILES string of the molecule is CC(=O)N1CCN(C(=O)CNS(=O)(=O)c2ccccc2)CC1. The normalized spacial score (nSPS) is 15.7. The highest BCUT2D eigenvalue weighted by Crippen LogP contribution is 2.07. The number of rotatable bonds is 4. The molecule has 0 radical (unpaired) electrons. The summed E-state index contributed by atoms with van der Waals surface area (Å²) in [5, 5.41) is 0. The van der Waals surface area contributed by atoms with E-state index in [0.29, 0.717) is 26.2 Å². The zero-order chi connectivity index (χ0) is 16.2. The third kappa shape index (κ3) is 4.05. The molecule has 0 spiro atoms. The van der Waals surface area contributed by atoms with Gasteiger partial charge < -0.3 is 9.80 Å². The fourth-order valence-corrected chi connectivity index (χ4v) is 3.22. The number of carbonyl (C=O) groups excluding carboxylic acids is 2. The highest BCUT2D eigenvalue weighted by atomic mass is 32.2. The molecule has 1 aliphatic heterocycles. The van der Waals surface area contributed by atoms with Gasteiger partial charge in [0.25, 0.3) is 0 Å². The first-order chi connectivity index (χ1) is 10.4. The van der Waals surface area contributed by atoms with Gasteiger partial charge in [-0.15, -0.1) is 0 Å². The lowest BCUT2D eigenvalue weighted by molar-refractivity contribution is -0.137. The van der Waals surface area contributed by atoms with Crippen LogP contribution in [0.1, 0.15) is 6.92 Å². The second-order valence-corrected chi connectivity index (χ2v) is 6.79. The summed E-state index contributed by atoms with van der Waals surface area (Å²) in [6.07, 6.45) is 0. The summed E-state index contributed by atoms with van der Waals surface area (Å²) in [4.78, 5) is 26.6. The highest BCUT2D eigenvalue weighted by Gasteiger charge is 2.23. The number of hydrogen-bond acceptors (Lipinski definition) is 4. The van der Waals surface area contributed by atoms with E-state index in [-0.39, 0.29) is 23.3 Å². The lowest BCUT2D eigenvalue weighted by atomic mass is 10.3. The number of carbonyl (C=O) groups is 2. The molecule has 2 amide bonds. The van der Waals surface area contributed by atoms with Crippen molar-refractivity contribution in [1.82, 2.24) is 14.5 Å². The number of sulfonamides is 1. The van der Waals surface area contributed by atoms with Crippen LogP contribution in [-0.2, 0) is 19.6 Å². The Bertz CT molecular complexity index is 637. The molecule has 1 heterocycles. The first kappa shape index (κ1) is 16.4. The quantitative estimate of drug-likeness (QED) is 0.820. The average molecular weight is 325 g/mol. The lowest BCUT2D eigenvalue weighted by Gasteiger charge is -2.34. The van der Waals surface area contributed by atoms with E-state index in [1.807, 2.05) is 0 Å². The van der Waals surface area contributed by atoms with E-state index in [2.05, 4.69) is 4.72 Å². The predicted octanol–water partition coefficient (Wildman–Crippen LogP) is -0.344. The van der Waals surface area contributed by atoms with Crippen LogP contribution in [0.15, 0.2) is 35.2 Å². The Morgan fingerprint density at radius 1 is 1.05 bits per heavy atom. The number of nitrogens with one attached hydrogen (secondary N) is 1. The fraction of sp³-hybridized carbons (Fsp3) is 0.429. The van der Waals surface area contributed by atoms with E-state index < -0.39 is 10.0 Å². The second kappa shape index (κ2) is 6.89. The van der Waals surface area contributed by atoms with Crippen molar-refractivity contribution in [2.45, 2.75) is 11.8 Å². The number of nitrogens with zero attached hydrogens (tertiary/aromatic N) is 2. The molecule has 1 aromatic carbocycles. The van der Waals surface area contributed by atoms with Gasteiger partial charge in [-0.05, 0) is 12.1 Å². The summed E-state index contributed by atoms with van der Waals surface area (Å²) in [5.41, 5.74) is 0. The maximum absolute atomic E-state index is 12.0. The minimum absolute atomic E-state index is 0.0168. The molecule has 0 bridgehead atoms. The first-order valence-corrected chi connectivity index (χ1v) is 8.46. The largest absolute Gasteiger partial charge is 0.339 e. The Morgan fingerprint density at radius 3 is 2.14 bits per heavy atom. The van der Waals surface area contributed by atoms with Crippen LogP contribution in [0.5, 0.6) is 0 Å². The summed E-state index contributed by atoms with van der Waals surface area (Å²) in [7, 11) is -3.68. The second-order valence-electron chi connectivity index (χ2n) is 5.02. The molecule has 1 aromatic rings. The topological polar surface area (TPSA) is 86.8 Å². The Balaban J connectivity index is 1.87. The van der Waals surface area contributed by atoms with E-state index in [9.17, 15) is 18.0 Å². The van der Waals surface area contributed by atoms with Gasteiger partial charge in [-0.1, -0.05) is 18.2 Å². The summed E-state index contributed by atoms with van der Waals surface area (Å²) >= 11 is 0. The van der Waals surface area contributed by atoms with Crippen molar-refractivity contribution in [2.75, 3.05) is 32.7 Å². The predicted molar refractivity (Wildman–Crippen MR) is 80.5 cm³/mol. The van der Waals surface area contributed by atoms with Gasteiger partial charge in [0.15, 0.2) is 0 Å². The Morgan fingerprint density at radius 2 is 1.59 bits per heavy atom. The molecule has 8 heteroatoms. The number of amides is 2. The van der Waals surface area contributed by atoms with Gasteiger partial charge in [0, 0.05) is 33.1 Å². The third-order valence-electron chi connectivity index (χ3n) is 3.54. The van der Waals surface area contributed by atoms with Crippen molar-refractivity contribution >= 4 is 21.8 Å². The Kier molecular flexibility index (Phi) is 5.15. The van der Waals surface area contributed by atoms with E-state index in [1.54, 1.807) is 28.0 Å². The van der Waals surface area contributed by atoms with Crippen molar-refractivity contribution < 1.29 is 18.0 Å². The molecule has 7 nitrogen and oxygen atoms in total. The molecular weight excluding hydrogens is 306 g/mol. The Hall–Kier alpha value is -1.93. The minimum Gasteiger partial charge on any atom is -0.339 e. The van der Waals surface area contributed by atoms with Crippen LogP contribution in [0.4, 0.5) is 0 Å². The van der Waals surface area contributed by atoms with E-state index in [4.69, 9.17) is 0 Å². The van der Waals surface area contributed by atoms with Crippen LogP contribution in [0.3, 0.4) is 0 Å².